The molecule has 1 aromatic heterocycles. The van der Waals surface area contributed by atoms with Crippen LogP contribution in [0.15, 0.2) is 47.1 Å². The SMILES string of the molecule is CC(NC(=O)Cc1ccc(C#N)cc1)c1ccco1. The summed E-state index contributed by atoms with van der Waals surface area (Å²) in [5, 5.41) is 11.6. The summed E-state index contributed by atoms with van der Waals surface area (Å²) in [5.74, 6) is 0.654. The summed E-state index contributed by atoms with van der Waals surface area (Å²) in [6, 6.07) is 12.5. The molecule has 4 heteroatoms. The number of amides is 1. The van der Waals surface area contributed by atoms with E-state index in [0.717, 1.165) is 11.3 Å². The molecule has 2 aromatic rings. The minimum absolute atomic E-state index is 0.0754. The Hall–Kier alpha value is -2.54. The Morgan fingerprint density at radius 3 is 2.68 bits per heavy atom. The van der Waals surface area contributed by atoms with Crippen LogP contribution in [0.25, 0.3) is 0 Å². The summed E-state index contributed by atoms with van der Waals surface area (Å²) in [6.07, 6.45) is 1.87. The van der Waals surface area contributed by atoms with Gasteiger partial charge in [0.05, 0.1) is 30.4 Å². The minimum Gasteiger partial charge on any atom is -0.467 e. The van der Waals surface area contributed by atoms with E-state index in [1.54, 1.807) is 36.6 Å². The number of carbonyl (C=O) groups is 1. The Bertz CT molecular complexity index is 580. The zero-order chi connectivity index (χ0) is 13.7. The van der Waals surface area contributed by atoms with Crippen LogP contribution in [0.5, 0.6) is 0 Å². The van der Waals surface area contributed by atoms with Gasteiger partial charge in [0.15, 0.2) is 0 Å². The number of benzene rings is 1. The number of nitriles is 1. The molecule has 1 aromatic carbocycles. The molecule has 0 aliphatic carbocycles. The molecule has 0 radical (unpaired) electrons. The lowest BCUT2D eigenvalue weighted by atomic mass is 10.1. The molecule has 0 bridgehead atoms. The Morgan fingerprint density at radius 1 is 1.37 bits per heavy atom. The van der Waals surface area contributed by atoms with Crippen LogP contribution >= 0.6 is 0 Å². The Labute approximate surface area is 111 Å². The molecule has 2 rings (SSSR count). The quantitative estimate of drug-likeness (QED) is 0.911. The molecule has 1 heterocycles. The number of hydrogen-bond donors (Lipinski definition) is 1. The van der Waals surface area contributed by atoms with E-state index in [2.05, 4.69) is 5.32 Å². The molecule has 0 aliphatic rings. The smallest absolute Gasteiger partial charge is 0.224 e. The average Bonchev–Trinajstić information content (AvgIpc) is 2.93. The van der Waals surface area contributed by atoms with Gasteiger partial charge < -0.3 is 9.73 Å². The van der Waals surface area contributed by atoms with E-state index in [4.69, 9.17) is 9.68 Å². The van der Waals surface area contributed by atoms with Crippen molar-refractivity contribution < 1.29 is 9.21 Å². The molecular formula is C15H14N2O2. The van der Waals surface area contributed by atoms with Gasteiger partial charge in [0.2, 0.25) is 5.91 Å². The fraction of sp³-hybridized carbons (Fsp3) is 0.200. The third-order valence-corrected chi connectivity index (χ3v) is 2.80. The third-order valence-electron chi connectivity index (χ3n) is 2.80. The van der Waals surface area contributed by atoms with Crippen molar-refractivity contribution in [3.05, 3.63) is 59.5 Å². The highest BCUT2D eigenvalue weighted by molar-refractivity contribution is 5.78. The first-order valence-corrected chi connectivity index (χ1v) is 6.01. The molecule has 0 spiro atoms. The van der Waals surface area contributed by atoms with Crippen LogP contribution < -0.4 is 5.32 Å². The summed E-state index contributed by atoms with van der Waals surface area (Å²) < 4.78 is 5.23. The number of nitrogens with one attached hydrogen (secondary N) is 1. The van der Waals surface area contributed by atoms with E-state index in [-0.39, 0.29) is 18.4 Å². The maximum Gasteiger partial charge on any atom is 0.224 e. The minimum atomic E-state index is -0.152. The Balaban J connectivity index is 1.92. The maximum atomic E-state index is 11.9. The summed E-state index contributed by atoms with van der Waals surface area (Å²) >= 11 is 0. The molecule has 19 heavy (non-hydrogen) atoms. The van der Waals surface area contributed by atoms with E-state index in [9.17, 15) is 4.79 Å². The van der Waals surface area contributed by atoms with Gasteiger partial charge in [-0.1, -0.05) is 12.1 Å². The van der Waals surface area contributed by atoms with Crippen molar-refractivity contribution in [2.75, 3.05) is 0 Å². The highest BCUT2D eigenvalue weighted by Crippen LogP contribution is 2.12. The van der Waals surface area contributed by atoms with Crippen LogP contribution in [-0.2, 0) is 11.2 Å². The van der Waals surface area contributed by atoms with Crippen molar-refractivity contribution in [2.24, 2.45) is 0 Å². The molecule has 0 saturated heterocycles. The molecular weight excluding hydrogens is 240 g/mol. The second-order valence-corrected chi connectivity index (χ2v) is 4.29. The Morgan fingerprint density at radius 2 is 2.11 bits per heavy atom. The fourth-order valence-electron chi connectivity index (χ4n) is 1.78. The summed E-state index contributed by atoms with van der Waals surface area (Å²) in [7, 11) is 0. The summed E-state index contributed by atoms with van der Waals surface area (Å²) in [5.41, 5.74) is 1.47. The van der Waals surface area contributed by atoms with Crippen LogP contribution in [0, 0.1) is 11.3 Å². The van der Waals surface area contributed by atoms with E-state index in [0.29, 0.717) is 5.56 Å². The normalized spacial score (nSPS) is 11.6. The number of hydrogen-bond acceptors (Lipinski definition) is 3. The maximum absolute atomic E-state index is 11.9. The highest BCUT2D eigenvalue weighted by atomic mass is 16.3. The van der Waals surface area contributed by atoms with Crippen LogP contribution in [0.1, 0.15) is 29.9 Å². The lowest BCUT2D eigenvalue weighted by Gasteiger charge is -2.11. The predicted octanol–water partition coefficient (Wildman–Crippen LogP) is 2.57. The van der Waals surface area contributed by atoms with Crippen LogP contribution in [-0.4, -0.2) is 5.91 Å². The van der Waals surface area contributed by atoms with Gasteiger partial charge in [-0.05, 0) is 36.8 Å². The molecule has 1 amide bonds. The number of rotatable bonds is 4. The molecule has 1 unspecified atom stereocenters. The number of furan rings is 1. The van der Waals surface area contributed by atoms with E-state index < -0.39 is 0 Å². The van der Waals surface area contributed by atoms with Gasteiger partial charge in [0, 0.05) is 0 Å². The van der Waals surface area contributed by atoms with Crippen LogP contribution in [0.4, 0.5) is 0 Å². The molecule has 1 atom stereocenters. The van der Waals surface area contributed by atoms with Crippen molar-refractivity contribution in [2.45, 2.75) is 19.4 Å². The van der Waals surface area contributed by atoms with Crippen molar-refractivity contribution >= 4 is 5.91 Å². The molecule has 1 N–H and O–H groups in total. The third kappa shape index (κ3) is 3.46. The molecule has 0 fully saturated rings. The zero-order valence-electron chi connectivity index (χ0n) is 10.6. The summed E-state index contributed by atoms with van der Waals surface area (Å²) in [6.45, 7) is 1.87. The average molecular weight is 254 g/mol. The molecule has 0 aliphatic heterocycles. The highest BCUT2D eigenvalue weighted by Gasteiger charge is 2.11. The number of nitrogens with zero attached hydrogens (tertiary/aromatic N) is 1. The van der Waals surface area contributed by atoms with E-state index in [1.165, 1.54) is 0 Å². The fourth-order valence-corrected chi connectivity index (χ4v) is 1.78. The largest absolute Gasteiger partial charge is 0.467 e. The van der Waals surface area contributed by atoms with Crippen molar-refractivity contribution in [3.8, 4) is 6.07 Å². The van der Waals surface area contributed by atoms with Crippen molar-refractivity contribution in [1.82, 2.24) is 5.32 Å². The second-order valence-electron chi connectivity index (χ2n) is 4.29. The molecule has 96 valence electrons. The van der Waals surface area contributed by atoms with Gasteiger partial charge in [-0.2, -0.15) is 5.26 Å². The van der Waals surface area contributed by atoms with Gasteiger partial charge in [0.25, 0.3) is 0 Å². The monoisotopic (exact) mass is 254 g/mol. The predicted molar refractivity (Wildman–Crippen MR) is 70.1 cm³/mol. The standard InChI is InChI=1S/C15H14N2O2/c1-11(14-3-2-8-19-14)17-15(18)9-12-4-6-13(10-16)7-5-12/h2-8,11H,9H2,1H3,(H,17,18). The first-order chi connectivity index (χ1) is 9.19. The summed E-state index contributed by atoms with van der Waals surface area (Å²) in [4.78, 5) is 11.9. The van der Waals surface area contributed by atoms with Crippen molar-refractivity contribution in [1.29, 1.82) is 5.26 Å². The second kappa shape index (κ2) is 5.87. The van der Waals surface area contributed by atoms with Crippen LogP contribution in [0.2, 0.25) is 0 Å². The first-order valence-electron chi connectivity index (χ1n) is 6.01. The van der Waals surface area contributed by atoms with E-state index in [1.807, 2.05) is 19.1 Å². The van der Waals surface area contributed by atoms with Gasteiger partial charge in [-0.3, -0.25) is 4.79 Å². The number of carbonyl (C=O) groups excluding carboxylic acids is 1. The molecule has 0 saturated carbocycles. The zero-order valence-corrected chi connectivity index (χ0v) is 10.6. The van der Waals surface area contributed by atoms with Gasteiger partial charge in [-0.15, -0.1) is 0 Å². The topological polar surface area (TPSA) is 66.0 Å². The lowest BCUT2D eigenvalue weighted by molar-refractivity contribution is -0.121. The van der Waals surface area contributed by atoms with Gasteiger partial charge in [-0.25, -0.2) is 0 Å². The van der Waals surface area contributed by atoms with Gasteiger partial charge >= 0.3 is 0 Å². The molecule has 4 nitrogen and oxygen atoms in total. The van der Waals surface area contributed by atoms with Crippen LogP contribution in [0.3, 0.4) is 0 Å². The Kier molecular flexibility index (Phi) is 3.99. The van der Waals surface area contributed by atoms with E-state index >= 15 is 0 Å². The first kappa shape index (κ1) is 12.9. The lowest BCUT2D eigenvalue weighted by Crippen LogP contribution is -2.27. The van der Waals surface area contributed by atoms with Crippen molar-refractivity contribution in [3.63, 3.8) is 0 Å². The van der Waals surface area contributed by atoms with Gasteiger partial charge in [0.1, 0.15) is 5.76 Å².